The molecule has 1 aromatic carbocycles. The van der Waals surface area contributed by atoms with Crippen LogP contribution in [0.2, 0.25) is 0 Å². The third-order valence-corrected chi connectivity index (χ3v) is 5.21. The Balaban J connectivity index is 1.65. The number of likely N-dealkylation sites (tertiary alicyclic amines) is 1. The summed E-state index contributed by atoms with van der Waals surface area (Å²) in [6.45, 7) is 0.955. The molecule has 1 aliphatic heterocycles. The molecule has 0 bridgehead atoms. The highest BCUT2D eigenvalue weighted by Crippen LogP contribution is 2.25. The van der Waals surface area contributed by atoms with Gasteiger partial charge in [-0.15, -0.1) is 0 Å². The van der Waals surface area contributed by atoms with Crippen molar-refractivity contribution in [3.8, 4) is 11.5 Å². The van der Waals surface area contributed by atoms with Crippen LogP contribution >= 0.6 is 0 Å². The first kappa shape index (κ1) is 18.9. The maximum absolute atomic E-state index is 13.3. The fourth-order valence-corrected chi connectivity index (χ4v) is 3.64. The highest BCUT2D eigenvalue weighted by Gasteiger charge is 2.30. The molecule has 1 amide bonds. The Hall–Kier alpha value is -3.42. The summed E-state index contributed by atoms with van der Waals surface area (Å²) in [5, 5.41) is 4.40. The molecule has 29 heavy (non-hydrogen) atoms. The molecule has 3 aromatic rings. The third-order valence-electron chi connectivity index (χ3n) is 5.21. The average molecular weight is 396 g/mol. The topological polar surface area (TPSA) is 69.4 Å². The van der Waals surface area contributed by atoms with Gasteiger partial charge in [0.2, 0.25) is 0 Å². The number of hydrogen-bond donors (Lipinski definition) is 0. The van der Waals surface area contributed by atoms with Crippen molar-refractivity contribution in [3.63, 3.8) is 0 Å². The lowest BCUT2D eigenvalue weighted by atomic mass is 9.96. The van der Waals surface area contributed by atoms with Crippen LogP contribution in [-0.2, 0) is 9.53 Å². The molecule has 2 aromatic heterocycles. The van der Waals surface area contributed by atoms with Gasteiger partial charge in [-0.3, -0.25) is 9.59 Å². The minimum Gasteiger partial charge on any atom is -0.469 e. The number of piperidine rings is 1. The maximum Gasteiger partial charge on any atom is 0.308 e. The van der Waals surface area contributed by atoms with Crippen LogP contribution in [0.25, 0.3) is 11.5 Å². The molecule has 0 saturated carbocycles. The van der Waals surface area contributed by atoms with Crippen molar-refractivity contribution in [1.29, 1.82) is 0 Å². The largest absolute Gasteiger partial charge is 0.469 e. The van der Waals surface area contributed by atoms with Gasteiger partial charge in [0.1, 0.15) is 11.4 Å². The van der Waals surface area contributed by atoms with Crippen molar-refractivity contribution in [2.24, 2.45) is 5.92 Å². The molecule has 1 aliphatic rings. The summed E-state index contributed by atoms with van der Waals surface area (Å²) in [6.07, 6.45) is 6.34. The second-order valence-corrected chi connectivity index (χ2v) is 6.95. The lowest BCUT2D eigenvalue weighted by molar-refractivity contribution is -0.146. The monoisotopic (exact) mass is 396 g/mol. The van der Waals surface area contributed by atoms with Crippen LogP contribution in [0.1, 0.15) is 23.2 Å². The van der Waals surface area contributed by atoms with Gasteiger partial charge in [-0.2, -0.15) is 5.10 Å². The molecule has 0 spiro atoms. The number of aromatic nitrogens is 3. The smallest absolute Gasteiger partial charge is 0.308 e. The molecule has 3 heterocycles. The number of hydrogen-bond acceptors (Lipinski definition) is 4. The minimum absolute atomic E-state index is 0.148. The molecular formula is C21H21FN4O3. The number of benzene rings is 1. The van der Waals surface area contributed by atoms with Crippen molar-refractivity contribution in [2.45, 2.75) is 12.8 Å². The van der Waals surface area contributed by atoms with E-state index >= 15 is 0 Å². The minimum atomic E-state index is -0.340. The standard InChI is InChI=1S/C21H21FN4O3/c1-29-21(28)15-8-12-25(13-9-15)20(27)18-14-23-26(17-6-4-16(22)5-7-17)19(18)24-10-2-3-11-24/h2-7,10-11,14-15H,8-9,12-13H2,1H3. The molecule has 0 aliphatic carbocycles. The van der Waals surface area contributed by atoms with E-state index in [1.807, 2.05) is 29.1 Å². The predicted molar refractivity (Wildman–Crippen MR) is 103 cm³/mol. The summed E-state index contributed by atoms with van der Waals surface area (Å²) < 4.78 is 21.6. The quantitative estimate of drug-likeness (QED) is 0.636. The average Bonchev–Trinajstić information content (AvgIpc) is 3.43. The molecule has 0 N–H and O–H groups in total. The van der Waals surface area contributed by atoms with Gasteiger partial charge >= 0.3 is 5.97 Å². The number of amides is 1. The van der Waals surface area contributed by atoms with Gasteiger partial charge in [-0.25, -0.2) is 9.07 Å². The van der Waals surface area contributed by atoms with Crippen molar-refractivity contribution < 1.29 is 18.7 Å². The molecular weight excluding hydrogens is 375 g/mol. The molecule has 150 valence electrons. The van der Waals surface area contributed by atoms with Gasteiger partial charge in [0, 0.05) is 25.5 Å². The van der Waals surface area contributed by atoms with Gasteiger partial charge in [0.15, 0.2) is 5.82 Å². The first-order chi connectivity index (χ1) is 14.1. The van der Waals surface area contributed by atoms with E-state index in [-0.39, 0.29) is 23.6 Å². The van der Waals surface area contributed by atoms with Gasteiger partial charge < -0.3 is 14.2 Å². The molecule has 0 radical (unpaired) electrons. The Kier molecular flexibility index (Phi) is 5.16. The molecule has 7 nitrogen and oxygen atoms in total. The zero-order valence-corrected chi connectivity index (χ0v) is 16.0. The third kappa shape index (κ3) is 3.65. The summed E-state index contributed by atoms with van der Waals surface area (Å²) in [6, 6.07) is 9.66. The summed E-state index contributed by atoms with van der Waals surface area (Å²) in [5.41, 5.74) is 1.10. The van der Waals surface area contributed by atoms with Gasteiger partial charge in [0.25, 0.3) is 5.91 Å². The molecule has 0 atom stereocenters. The maximum atomic E-state index is 13.3. The van der Waals surface area contributed by atoms with E-state index in [1.54, 1.807) is 21.7 Å². The Morgan fingerprint density at radius 2 is 1.76 bits per heavy atom. The number of methoxy groups -OCH3 is 1. The molecule has 4 rings (SSSR count). The van der Waals surface area contributed by atoms with Crippen molar-refractivity contribution in [1.82, 2.24) is 19.2 Å². The van der Waals surface area contributed by atoms with Crippen LogP contribution in [0.3, 0.4) is 0 Å². The number of rotatable bonds is 4. The van der Waals surface area contributed by atoms with Gasteiger partial charge in [0.05, 0.1) is 24.9 Å². The highest BCUT2D eigenvalue weighted by molar-refractivity contribution is 5.97. The Labute approximate surface area is 167 Å². The van der Waals surface area contributed by atoms with E-state index in [4.69, 9.17) is 4.74 Å². The lowest BCUT2D eigenvalue weighted by Gasteiger charge is -2.30. The van der Waals surface area contributed by atoms with E-state index in [0.717, 1.165) is 0 Å². The summed E-state index contributed by atoms with van der Waals surface area (Å²) in [5.74, 6) is -0.301. The number of carbonyl (C=O) groups is 2. The second kappa shape index (κ2) is 7.90. The van der Waals surface area contributed by atoms with E-state index in [9.17, 15) is 14.0 Å². The van der Waals surface area contributed by atoms with Crippen LogP contribution in [-0.4, -0.2) is 51.3 Å². The highest BCUT2D eigenvalue weighted by atomic mass is 19.1. The van der Waals surface area contributed by atoms with Gasteiger partial charge in [-0.05, 0) is 49.2 Å². The van der Waals surface area contributed by atoms with E-state index in [2.05, 4.69) is 5.10 Å². The Bertz CT molecular complexity index is 1000. The fourth-order valence-electron chi connectivity index (χ4n) is 3.64. The summed E-state index contributed by atoms with van der Waals surface area (Å²) in [4.78, 5) is 26.7. The number of esters is 1. The summed E-state index contributed by atoms with van der Waals surface area (Å²) >= 11 is 0. The lowest BCUT2D eigenvalue weighted by Crippen LogP contribution is -2.40. The van der Waals surface area contributed by atoms with Crippen LogP contribution in [0.15, 0.2) is 55.0 Å². The van der Waals surface area contributed by atoms with Crippen molar-refractivity contribution >= 4 is 11.9 Å². The normalized spacial score (nSPS) is 14.8. The molecule has 1 fully saturated rings. The van der Waals surface area contributed by atoms with Crippen LogP contribution in [0, 0.1) is 11.7 Å². The first-order valence-corrected chi connectivity index (χ1v) is 9.43. The zero-order chi connectivity index (χ0) is 20.4. The van der Waals surface area contributed by atoms with Crippen LogP contribution in [0.5, 0.6) is 0 Å². The molecule has 8 heteroatoms. The van der Waals surface area contributed by atoms with E-state index in [0.29, 0.717) is 43.0 Å². The SMILES string of the molecule is COC(=O)C1CCN(C(=O)c2cnn(-c3ccc(F)cc3)c2-n2cccc2)CC1. The van der Waals surface area contributed by atoms with Gasteiger partial charge in [-0.1, -0.05) is 0 Å². The van der Waals surface area contributed by atoms with E-state index in [1.165, 1.54) is 25.4 Å². The number of nitrogens with zero attached hydrogens (tertiary/aromatic N) is 4. The predicted octanol–water partition coefficient (Wildman–Crippen LogP) is 2.83. The zero-order valence-electron chi connectivity index (χ0n) is 16.0. The number of carbonyl (C=O) groups excluding carboxylic acids is 2. The van der Waals surface area contributed by atoms with Crippen molar-refractivity contribution in [3.05, 3.63) is 66.4 Å². The van der Waals surface area contributed by atoms with Crippen LogP contribution in [0.4, 0.5) is 4.39 Å². The van der Waals surface area contributed by atoms with E-state index < -0.39 is 0 Å². The molecule has 0 unspecified atom stereocenters. The van der Waals surface area contributed by atoms with Crippen LogP contribution < -0.4 is 0 Å². The fraction of sp³-hybridized carbons (Fsp3) is 0.286. The number of ether oxygens (including phenoxy) is 1. The summed E-state index contributed by atoms with van der Waals surface area (Å²) in [7, 11) is 1.38. The Morgan fingerprint density at radius 3 is 2.38 bits per heavy atom. The molecule has 1 saturated heterocycles. The van der Waals surface area contributed by atoms with Crippen molar-refractivity contribution in [2.75, 3.05) is 20.2 Å². The first-order valence-electron chi connectivity index (χ1n) is 9.43. The Morgan fingerprint density at radius 1 is 1.10 bits per heavy atom. The second-order valence-electron chi connectivity index (χ2n) is 6.95. The number of halogens is 1.